The number of esters is 1. The van der Waals surface area contributed by atoms with Crippen molar-refractivity contribution in [3.05, 3.63) is 88.4 Å². The number of anilines is 2. The van der Waals surface area contributed by atoms with Gasteiger partial charge in [0.2, 0.25) is 0 Å². The van der Waals surface area contributed by atoms with E-state index in [0.717, 1.165) is 0 Å². The van der Waals surface area contributed by atoms with Crippen LogP contribution < -0.4 is 10.0 Å². The quantitative estimate of drug-likeness (QED) is 0.530. The zero-order valence-electron chi connectivity index (χ0n) is 16.7. The number of ether oxygens (including phenoxy) is 1. The van der Waals surface area contributed by atoms with Crippen molar-refractivity contribution in [1.82, 2.24) is 0 Å². The third-order valence-corrected chi connectivity index (χ3v) is 6.28. The third-order valence-electron chi connectivity index (χ3n) is 4.42. The molecule has 7 nitrogen and oxygen atoms in total. The van der Waals surface area contributed by atoms with Crippen LogP contribution in [-0.2, 0) is 14.8 Å². The van der Waals surface area contributed by atoms with Crippen molar-refractivity contribution in [3.63, 3.8) is 0 Å². The topological polar surface area (TPSA) is 102 Å². The molecule has 0 unspecified atom stereocenters. The normalized spacial score (nSPS) is 10.9. The summed E-state index contributed by atoms with van der Waals surface area (Å²) in [5.41, 5.74) is 1.84. The molecule has 0 aliphatic carbocycles. The summed E-state index contributed by atoms with van der Waals surface area (Å²) >= 11 is 6.11. The molecule has 2 N–H and O–H groups in total. The lowest BCUT2D eigenvalue weighted by atomic mass is 10.1. The molecule has 3 rings (SSSR count). The number of sulfonamides is 1. The van der Waals surface area contributed by atoms with Gasteiger partial charge < -0.3 is 10.1 Å². The number of carbonyl (C=O) groups excluding carboxylic acids is 2. The first-order chi connectivity index (χ1) is 14.7. The highest BCUT2D eigenvalue weighted by Crippen LogP contribution is 2.26. The summed E-state index contributed by atoms with van der Waals surface area (Å²) in [6, 6.07) is 17.0. The second-order valence-electron chi connectivity index (χ2n) is 6.59. The number of aryl methyl sites for hydroxylation is 1. The lowest BCUT2D eigenvalue weighted by Crippen LogP contribution is -2.17. The maximum atomic E-state index is 12.8. The molecular weight excluding hydrogens is 440 g/mol. The Bertz CT molecular complexity index is 1240. The van der Waals surface area contributed by atoms with Gasteiger partial charge in [-0.25, -0.2) is 13.2 Å². The van der Waals surface area contributed by atoms with Crippen LogP contribution in [0.2, 0.25) is 5.02 Å². The van der Waals surface area contributed by atoms with Gasteiger partial charge >= 0.3 is 5.97 Å². The summed E-state index contributed by atoms with van der Waals surface area (Å²) in [6.45, 7) is 1.76. The molecule has 0 fully saturated rings. The Balaban J connectivity index is 1.89. The van der Waals surface area contributed by atoms with Gasteiger partial charge in [-0.2, -0.15) is 0 Å². The fourth-order valence-electron chi connectivity index (χ4n) is 2.76. The monoisotopic (exact) mass is 458 g/mol. The number of benzene rings is 3. The molecule has 0 saturated carbocycles. The number of methoxy groups -OCH3 is 1. The molecule has 3 aromatic rings. The maximum Gasteiger partial charge on any atom is 0.337 e. The van der Waals surface area contributed by atoms with E-state index in [1.165, 1.54) is 31.4 Å². The summed E-state index contributed by atoms with van der Waals surface area (Å²) in [5.74, 6) is -1.10. The fraction of sp³-hybridized carbons (Fsp3) is 0.0909. The summed E-state index contributed by atoms with van der Waals surface area (Å²) in [7, 11) is -2.76. The van der Waals surface area contributed by atoms with E-state index in [1.807, 2.05) is 0 Å². The minimum atomic E-state index is -4.03. The van der Waals surface area contributed by atoms with Crippen LogP contribution in [0, 0.1) is 6.92 Å². The lowest BCUT2D eigenvalue weighted by Gasteiger charge is -2.13. The molecule has 0 aliphatic heterocycles. The van der Waals surface area contributed by atoms with E-state index in [0.29, 0.717) is 16.9 Å². The van der Waals surface area contributed by atoms with Crippen molar-refractivity contribution in [3.8, 4) is 0 Å². The van der Waals surface area contributed by atoms with E-state index in [2.05, 4.69) is 10.0 Å². The molecule has 0 saturated heterocycles. The highest BCUT2D eigenvalue weighted by atomic mass is 35.5. The van der Waals surface area contributed by atoms with Gasteiger partial charge in [0, 0.05) is 16.9 Å². The van der Waals surface area contributed by atoms with Crippen LogP contribution in [-0.4, -0.2) is 27.4 Å². The number of hydrogen-bond acceptors (Lipinski definition) is 5. The Morgan fingerprint density at radius 3 is 2.29 bits per heavy atom. The van der Waals surface area contributed by atoms with Gasteiger partial charge in [0.15, 0.2) is 0 Å². The maximum absolute atomic E-state index is 12.8. The first-order valence-electron chi connectivity index (χ1n) is 9.09. The third kappa shape index (κ3) is 5.22. The summed E-state index contributed by atoms with van der Waals surface area (Å²) in [6.07, 6.45) is 0. The van der Waals surface area contributed by atoms with Crippen LogP contribution in [0.3, 0.4) is 0 Å². The Morgan fingerprint density at radius 2 is 1.61 bits per heavy atom. The van der Waals surface area contributed by atoms with Crippen LogP contribution in [0.1, 0.15) is 26.3 Å². The molecule has 0 aromatic heterocycles. The molecule has 31 heavy (non-hydrogen) atoms. The Kier molecular flexibility index (Phi) is 6.62. The average molecular weight is 459 g/mol. The van der Waals surface area contributed by atoms with Gasteiger partial charge in [0.05, 0.1) is 17.7 Å². The number of amides is 1. The van der Waals surface area contributed by atoms with Gasteiger partial charge in [-0.1, -0.05) is 35.9 Å². The van der Waals surface area contributed by atoms with Crippen molar-refractivity contribution < 1.29 is 22.7 Å². The first kappa shape index (κ1) is 22.3. The molecular formula is C22H19ClN2O5S. The van der Waals surface area contributed by atoms with Gasteiger partial charge in [0.25, 0.3) is 15.9 Å². The molecule has 0 heterocycles. The molecule has 0 atom stereocenters. The van der Waals surface area contributed by atoms with E-state index >= 15 is 0 Å². The van der Waals surface area contributed by atoms with Gasteiger partial charge in [0.1, 0.15) is 4.90 Å². The van der Waals surface area contributed by atoms with Crippen LogP contribution in [0.5, 0.6) is 0 Å². The van der Waals surface area contributed by atoms with Crippen LogP contribution in [0.4, 0.5) is 11.4 Å². The Hall–Kier alpha value is -3.36. The Morgan fingerprint density at radius 1 is 0.935 bits per heavy atom. The number of para-hydroxylation sites is 1. The smallest absolute Gasteiger partial charge is 0.337 e. The average Bonchev–Trinajstić information content (AvgIpc) is 2.75. The van der Waals surface area contributed by atoms with Crippen LogP contribution >= 0.6 is 11.6 Å². The Labute approximate surface area is 185 Å². The van der Waals surface area contributed by atoms with Crippen molar-refractivity contribution in [1.29, 1.82) is 0 Å². The second kappa shape index (κ2) is 9.20. The molecule has 0 radical (unpaired) electrons. The van der Waals surface area contributed by atoms with Crippen LogP contribution in [0.15, 0.2) is 71.6 Å². The number of halogens is 1. The molecule has 0 spiro atoms. The first-order valence-corrected chi connectivity index (χ1v) is 10.9. The van der Waals surface area contributed by atoms with E-state index in [9.17, 15) is 18.0 Å². The highest BCUT2D eigenvalue weighted by Gasteiger charge is 2.21. The van der Waals surface area contributed by atoms with E-state index in [1.54, 1.807) is 49.4 Å². The number of hydrogen-bond donors (Lipinski definition) is 2. The highest BCUT2D eigenvalue weighted by molar-refractivity contribution is 7.92. The van der Waals surface area contributed by atoms with Crippen molar-refractivity contribution >= 4 is 44.9 Å². The summed E-state index contributed by atoms with van der Waals surface area (Å²) in [5, 5.41) is 2.66. The molecule has 0 bridgehead atoms. The summed E-state index contributed by atoms with van der Waals surface area (Å²) in [4.78, 5) is 24.3. The van der Waals surface area contributed by atoms with Crippen molar-refractivity contribution in [2.24, 2.45) is 0 Å². The largest absolute Gasteiger partial charge is 0.465 e. The van der Waals surface area contributed by atoms with E-state index in [4.69, 9.17) is 16.3 Å². The zero-order chi connectivity index (χ0) is 22.6. The number of rotatable bonds is 6. The standard InChI is InChI=1S/C22H19ClN2O5S/c1-14-8-9-16(22(27)30-2)12-19(14)24-21(26)15-10-11-18(23)20(13-15)31(28,29)25-17-6-4-3-5-7-17/h3-13,25H,1-2H3,(H,24,26). The fourth-order valence-corrected chi connectivity index (χ4v) is 4.35. The van der Waals surface area contributed by atoms with Crippen molar-refractivity contribution in [2.45, 2.75) is 11.8 Å². The van der Waals surface area contributed by atoms with Crippen LogP contribution in [0.25, 0.3) is 0 Å². The molecule has 9 heteroatoms. The predicted molar refractivity (Wildman–Crippen MR) is 119 cm³/mol. The minimum absolute atomic E-state index is 0.0242. The summed E-state index contributed by atoms with van der Waals surface area (Å²) < 4.78 is 32.7. The SMILES string of the molecule is COC(=O)c1ccc(C)c(NC(=O)c2ccc(Cl)c(S(=O)(=O)Nc3ccccc3)c2)c1. The molecule has 1 amide bonds. The lowest BCUT2D eigenvalue weighted by molar-refractivity contribution is 0.0600. The molecule has 160 valence electrons. The van der Waals surface area contributed by atoms with Gasteiger partial charge in [-0.3, -0.25) is 9.52 Å². The van der Waals surface area contributed by atoms with Gasteiger partial charge in [-0.05, 0) is 55.0 Å². The zero-order valence-corrected chi connectivity index (χ0v) is 18.3. The second-order valence-corrected chi connectivity index (χ2v) is 8.65. The molecule has 3 aromatic carbocycles. The van der Waals surface area contributed by atoms with Crippen molar-refractivity contribution in [2.75, 3.05) is 17.1 Å². The van der Waals surface area contributed by atoms with E-state index in [-0.39, 0.29) is 21.0 Å². The number of nitrogens with one attached hydrogen (secondary N) is 2. The number of carbonyl (C=O) groups is 2. The minimum Gasteiger partial charge on any atom is -0.465 e. The molecule has 0 aliphatic rings. The van der Waals surface area contributed by atoms with E-state index < -0.39 is 21.9 Å². The van der Waals surface area contributed by atoms with Gasteiger partial charge in [-0.15, -0.1) is 0 Å². The predicted octanol–water partition coefficient (Wildman–Crippen LogP) is 4.49.